The van der Waals surface area contributed by atoms with Gasteiger partial charge in [-0.25, -0.2) is 4.79 Å². The molecule has 0 fully saturated rings. The van der Waals surface area contributed by atoms with E-state index in [2.05, 4.69) is 20.9 Å². The van der Waals surface area contributed by atoms with Gasteiger partial charge < -0.3 is 42.0 Å². The van der Waals surface area contributed by atoms with E-state index in [9.17, 15) is 39.3 Å². The third-order valence-corrected chi connectivity index (χ3v) is 6.42. The Morgan fingerprint density at radius 2 is 1.46 bits per heavy atom. The van der Waals surface area contributed by atoms with E-state index in [-0.39, 0.29) is 12.8 Å². The van der Waals surface area contributed by atoms with Crippen LogP contribution >= 0.6 is 0 Å². The first-order valence-corrected chi connectivity index (χ1v) is 12.8. The Kier molecular flexibility index (Phi) is 10.6. The molecule has 0 spiro atoms. The van der Waals surface area contributed by atoms with Crippen molar-refractivity contribution in [3.8, 4) is 0 Å². The first-order chi connectivity index (χ1) is 19.5. The zero-order valence-electron chi connectivity index (χ0n) is 22.2. The quantitative estimate of drug-likeness (QED) is 0.128. The van der Waals surface area contributed by atoms with Gasteiger partial charge >= 0.3 is 11.9 Å². The molecule has 0 aliphatic carbocycles. The zero-order valence-corrected chi connectivity index (χ0v) is 22.2. The van der Waals surface area contributed by atoms with Gasteiger partial charge in [0, 0.05) is 23.5 Å². The van der Waals surface area contributed by atoms with Gasteiger partial charge in [-0.3, -0.25) is 19.2 Å². The van der Waals surface area contributed by atoms with Gasteiger partial charge in [0.1, 0.15) is 18.1 Å². The Hall–Kier alpha value is -4.75. The molecule has 0 saturated carbocycles. The fourth-order valence-corrected chi connectivity index (χ4v) is 4.26. The third kappa shape index (κ3) is 8.62. The number of fused-ring (bicyclic) bond motifs is 1. The molecular weight excluding hydrogens is 534 g/mol. The summed E-state index contributed by atoms with van der Waals surface area (Å²) < 4.78 is 0. The van der Waals surface area contributed by atoms with Crippen molar-refractivity contribution in [1.82, 2.24) is 20.9 Å². The van der Waals surface area contributed by atoms with Crippen LogP contribution in [0.2, 0.25) is 0 Å². The minimum absolute atomic E-state index is 0.0870. The van der Waals surface area contributed by atoms with Gasteiger partial charge in [0.05, 0.1) is 18.6 Å². The molecule has 5 atom stereocenters. The molecule has 3 amide bonds. The Balaban J connectivity index is 1.68. The summed E-state index contributed by atoms with van der Waals surface area (Å²) in [5.41, 5.74) is 8.31. The molecule has 13 heteroatoms. The molecule has 13 nitrogen and oxygen atoms in total. The number of aliphatic hydroxyl groups excluding tert-OH is 1. The molecule has 5 unspecified atom stereocenters. The number of aromatic nitrogens is 1. The average molecular weight is 568 g/mol. The zero-order chi connectivity index (χ0) is 30.1. The highest BCUT2D eigenvalue weighted by Gasteiger charge is 2.33. The number of rotatable bonds is 14. The highest BCUT2D eigenvalue weighted by Crippen LogP contribution is 2.19. The summed E-state index contributed by atoms with van der Waals surface area (Å²) in [5.74, 6) is -5.68. The minimum Gasteiger partial charge on any atom is -0.481 e. The number of nitrogens with two attached hydrogens (primary N) is 1. The predicted octanol–water partition coefficient (Wildman–Crippen LogP) is -0.325. The molecule has 0 bridgehead atoms. The second-order valence-electron chi connectivity index (χ2n) is 9.65. The monoisotopic (exact) mass is 567 g/mol. The van der Waals surface area contributed by atoms with E-state index in [4.69, 9.17) is 5.73 Å². The van der Waals surface area contributed by atoms with Crippen LogP contribution in [0.4, 0.5) is 0 Å². The van der Waals surface area contributed by atoms with E-state index in [1.807, 2.05) is 24.3 Å². The van der Waals surface area contributed by atoms with Crippen LogP contribution in [0.5, 0.6) is 0 Å². The number of carbonyl (C=O) groups excluding carboxylic acids is 3. The van der Waals surface area contributed by atoms with E-state index in [1.54, 1.807) is 36.5 Å². The van der Waals surface area contributed by atoms with Gasteiger partial charge in [-0.1, -0.05) is 48.5 Å². The van der Waals surface area contributed by atoms with Crippen LogP contribution in [0, 0.1) is 0 Å². The molecule has 1 aromatic heterocycles. The van der Waals surface area contributed by atoms with E-state index < -0.39 is 66.4 Å². The van der Waals surface area contributed by atoms with Crippen LogP contribution in [0.15, 0.2) is 60.8 Å². The lowest BCUT2D eigenvalue weighted by Gasteiger charge is -2.26. The summed E-state index contributed by atoms with van der Waals surface area (Å²) in [6.07, 6.45) is -0.579. The van der Waals surface area contributed by atoms with Crippen molar-refractivity contribution in [3.63, 3.8) is 0 Å². The lowest BCUT2D eigenvalue weighted by atomic mass is 10.0. The Morgan fingerprint density at radius 3 is 2.10 bits per heavy atom. The highest BCUT2D eigenvalue weighted by atomic mass is 16.4. The lowest BCUT2D eigenvalue weighted by molar-refractivity contribution is -0.143. The number of aromatic amines is 1. The summed E-state index contributed by atoms with van der Waals surface area (Å²) in [6.45, 7) is 1.22. The van der Waals surface area contributed by atoms with E-state index in [0.717, 1.165) is 16.5 Å². The number of benzene rings is 2. The number of para-hydroxylation sites is 1. The number of nitrogens with one attached hydrogen (secondary N) is 4. The van der Waals surface area contributed by atoms with Crippen LogP contribution in [-0.4, -0.2) is 80.2 Å². The van der Waals surface area contributed by atoms with Crippen molar-refractivity contribution in [1.29, 1.82) is 0 Å². The van der Waals surface area contributed by atoms with Crippen molar-refractivity contribution in [2.75, 3.05) is 0 Å². The number of hydrogen-bond donors (Lipinski definition) is 8. The van der Waals surface area contributed by atoms with Crippen LogP contribution in [0.3, 0.4) is 0 Å². The molecule has 41 heavy (non-hydrogen) atoms. The standard InChI is InChI=1S/C28H33N5O8/c1-15(34)24(33-25(37)19(29)12-17-14-30-20-10-6-5-9-18(17)20)27(39)31-21(13-23(35)36)26(38)32-22(28(40)41)11-16-7-3-2-4-8-16/h2-10,14-15,19,21-22,24,30,34H,11-13,29H2,1H3,(H,31,39)(H,32,38)(H,33,37)(H,35,36)(H,40,41). The van der Waals surface area contributed by atoms with Crippen LogP contribution < -0.4 is 21.7 Å². The number of aliphatic carboxylic acids is 2. The predicted molar refractivity (Wildman–Crippen MR) is 147 cm³/mol. The fraction of sp³-hybridized carbons (Fsp3) is 0.321. The van der Waals surface area contributed by atoms with Gasteiger partial charge in [0.15, 0.2) is 0 Å². The number of carbonyl (C=O) groups is 5. The van der Waals surface area contributed by atoms with Crippen LogP contribution in [0.25, 0.3) is 10.9 Å². The highest BCUT2D eigenvalue weighted by molar-refractivity contribution is 5.96. The smallest absolute Gasteiger partial charge is 0.326 e. The first kappa shape index (κ1) is 30.8. The number of carboxylic acid groups (broad SMARTS) is 2. The second-order valence-corrected chi connectivity index (χ2v) is 9.65. The normalized spacial score (nSPS) is 14.7. The second kappa shape index (κ2) is 14.1. The summed E-state index contributed by atoms with van der Waals surface area (Å²) in [7, 11) is 0. The number of hydrogen-bond acceptors (Lipinski definition) is 7. The lowest BCUT2D eigenvalue weighted by Crippen LogP contribution is -2.60. The van der Waals surface area contributed by atoms with Gasteiger partial charge in [-0.15, -0.1) is 0 Å². The molecule has 1 heterocycles. The molecule has 2 aromatic carbocycles. The number of aliphatic hydroxyl groups is 1. The van der Waals surface area contributed by atoms with Gasteiger partial charge in [0.2, 0.25) is 17.7 Å². The molecule has 0 saturated heterocycles. The molecule has 3 aromatic rings. The fourth-order valence-electron chi connectivity index (χ4n) is 4.26. The minimum atomic E-state index is -1.70. The number of carboxylic acids is 2. The summed E-state index contributed by atoms with van der Waals surface area (Å²) in [6, 6.07) is 10.1. The topological polar surface area (TPSA) is 224 Å². The van der Waals surface area contributed by atoms with E-state index in [0.29, 0.717) is 5.56 Å². The average Bonchev–Trinajstić information content (AvgIpc) is 3.33. The molecule has 9 N–H and O–H groups in total. The Labute approximate surface area is 235 Å². The third-order valence-electron chi connectivity index (χ3n) is 6.42. The Morgan fingerprint density at radius 1 is 0.829 bits per heavy atom. The number of H-pyrrole nitrogens is 1. The largest absolute Gasteiger partial charge is 0.481 e. The van der Waals surface area contributed by atoms with Crippen molar-refractivity contribution in [2.45, 2.75) is 56.5 Å². The SMILES string of the molecule is CC(O)C(NC(=O)C(N)Cc1c[nH]c2ccccc12)C(=O)NC(CC(=O)O)C(=O)NC(Cc1ccccc1)C(=O)O. The summed E-state index contributed by atoms with van der Waals surface area (Å²) in [5, 5.41) is 36.8. The molecular formula is C28H33N5O8. The summed E-state index contributed by atoms with van der Waals surface area (Å²) in [4.78, 5) is 65.0. The molecule has 0 aliphatic rings. The maximum atomic E-state index is 13.0. The molecule has 3 rings (SSSR count). The number of amides is 3. The van der Waals surface area contributed by atoms with E-state index >= 15 is 0 Å². The first-order valence-electron chi connectivity index (χ1n) is 12.8. The van der Waals surface area contributed by atoms with Gasteiger partial charge in [-0.2, -0.15) is 0 Å². The van der Waals surface area contributed by atoms with Crippen molar-refractivity contribution in [2.24, 2.45) is 5.73 Å². The van der Waals surface area contributed by atoms with Gasteiger partial charge in [-0.05, 0) is 30.5 Å². The maximum Gasteiger partial charge on any atom is 0.326 e. The van der Waals surface area contributed by atoms with Crippen molar-refractivity contribution >= 4 is 40.6 Å². The van der Waals surface area contributed by atoms with E-state index in [1.165, 1.54) is 6.92 Å². The molecule has 0 radical (unpaired) electrons. The van der Waals surface area contributed by atoms with Crippen molar-refractivity contribution in [3.05, 3.63) is 71.9 Å². The van der Waals surface area contributed by atoms with Crippen LogP contribution in [0.1, 0.15) is 24.5 Å². The van der Waals surface area contributed by atoms with Gasteiger partial charge in [0.25, 0.3) is 0 Å². The molecule has 0 aliphatic heterocycles. The molecule has 218 valence electrons. The van der Waals surface area contributed by atoms with Crippen LogP contribution in [-0.2, 0) is 36.8 Å². The van der Waals surface area contributed by atoms with Crippen molar-refractivity contribution < 1.29 is 39.3 Å². The maximum absolute atomic E-state index is 13.0. The summed E-state index contributed by atoms with van der Waals surface area (Å²) >= 11 is 0. The Bertz CT molecular complexity index is 1390.